The van der Waals surface area contributed by atoms with Crippen molar-refractivity contribution in [2.45, 2.75) is 45.3 Å². The highest BCUT2D eigenvalue weighted by Crippen LogP contribution is 2.42. The van der Waals surface area contributed by atoms with Gasteiger partial charge in [0.15, 0.2) is 19.8 Å². The molecule has 1 heterocycles. The Labute approximate surface area is 219 Å². The standard InChI is InChI=1S/C29H35NO6Si/c1-29(2,3)37(5,6)36-15-14-21-16-23(20-10-8-7-9-11-20)25(31)18-24(21)30(28(32)33-4)22-12-13-26-27(17-22)35-19-34-26/h7-13,16-18,31H,14-15,19H2,1-6H3. The number of fused-ring (bicyclic) bond motifs is 1. The lowest BCUT2D eigenvalue weighted by Gasteiger charge is -2.36. The van der Waals surface area contributed by atoms with Crippen molar-refractivity contribution >= 4 is 25.8 Å². The van der Waals surface area contributed by atoms with Crippen molar-refractivity contribution in [2.75, 3.05) is 25.4 Å². The van der Waals surface area contributed by atoms with Crippen LogP contribution in [-0.2, 0) is 15.6 Å². The van der Waals surface area contributed by atoms with Crippen LogP contribution >= 0.6 is 0 Å². The Morgan fingerprint density at radius 3 is 2.41 bits per heavy atom. The molecule has 0 atom stereocenters. The molecular formula is C29H35NO6Si. The quantitative estimate of drug-likeness (QED) is 0.330. The SMILES string of the molecule is COC(=O)N(c1ccc2c(c1)OCO2)c1cc(O)c(-c2ccccc2)cc1CCO[Si](C)(C)C(C)(C)C. The molecule has 4 rings (SSSR count). The molecule has 0 spiro atoms. The van der Waals surface area contributed by atoms with Crippen LogP contribution in [-0.4, -0.2) is 40.0 Å². The first-order valence-corrected chi connectivity index (χ1v) is 15.3. The normalized spacial score (nSPS) is 12.9. The molecule has 0 radical (unpaired) electrons. The van der Waals surface area contributed by atoms with Gasteiger partial charge in [0.25, 0.3) is 0 Å². The van der Waals surface area contributed by atoms with Gasteiger partial charge in [0.05, 0.1) is 18.5 Å². The minimum absolute atomic E-state index is 0.0601. The highest BCUT2D eigenvalue weighted by atomic mass is 28.4. The van der Waals surface area contributed by atoms with Crippen LogP contribution in [0.3, 0.4) is 0 Å². The van der Waals surface area contributed by atoms with Gasteiger partial charge in [0.1, 0.15) is 5.75 Å². The van der Waals surface area contributed by atoms with Crippen molar-refractivity contribution in [1.82, 2.24) is 0 Å². The van der Waals surface area contributed by atoms with E-state index in [4.69, 9.17) is 18.6 Å². The molecule has 196 valence electrons. The maximum atomic E-state index is 13.1. The Balaban J connectivity index is 1.79. The molecule has 1 aliphatic rings. The summed E-state index contributed by atoms with van der Waals surface area (Å²) >= 11 is 0. The number of hydrogen-bond acceptors (Lipinski definition) is 6. The average Bonchev–Trinajstić information content (AvgIpc) is 3.33. The van der Waals surface area contributed by atoms with Crippen LogP contribution in [0.25, 0.3) is 11.1 Å². The van der Waals surface area contributed by atoms with Crippen molar-refractivity contribution in [1.29, 1.82) is 0 Å². The Bertz CT molecular complexity index is 1270. The Morgan fingerprint density at radius 1 is 1.03 bits per heavy atom. The lowest BCUT2D eigenvalue weighted by Crippen LogP contribution is -2.41. The number of nitrogens with zero attached hydrogens (tertiary/aromatic N) is 1. The average molecular weight is 522 g/mol. The number of methoxy groups -OCH3 is 1. The summed E-state index contributed by atoms with van der Waals surface area (Å²) in [5, 5.41) is 11.2. The van der Waals surface area contributed by atoms with Gasteiger partial charge < -0.3 is 23.7 Å². The van der Waals surface area contributed by atoms with E-state index >= 15 is 0 Å². The number of carbonyl (C=O) groups excluding carboxylic acids is 1. The molecule has 0 bridgehead atoms. The van der Waals surface area contributed by atoms with E-state index in [2.05, 4.69) is 33.9 Å². The first-order chi connectivity index (χ1) is 17.5. The number of ether oxygens (including phenoxy) is 3. The summed E-state index contributed by atoms with van der Waals surface area (Å²) in [6.07, 6.45) is -0.0442. The van der Waals surface area contributed by atoms with Crippen LogP contribution in [0.15, 0.2) is 60.7 Å². The molecule has 3 aromatic carbocycles. The number of phenolic OH excluding ortho intramolecular Hbond substituents is 1. The van der Waals surface area contributed by atoms with Crippen molar-refractivity contribution in [3.05, 3.63) is 66.2 Å². The van der Waals surface area contributed by atoms with Gasteiger partial charge in [-0.3, -0.25) is 0 Å². The molecule has 0 aliphatic carbocycles. The third kappa shape index (κ3) is 5.60. The van der Waals surface area contributed by atoms with Crippen molar-refractivity contribution < 1.29 is 28.5 Å². The number of amides is 1. The number of carbonyl (C=O) groups is 1. The Morgan fingerprint density at radius 2 is 1.73 bits per heavy atom. The van der Waals surface area contributed by atoms with E-state index in [0.717, 1.165) is 11.1 Å². The third-order valence-electron chi connectivity index (χ3n) is 7.13. The van der Waals surface area contributed by atoms with Gasteiger partial charge in [-0.15, -0.1) is 0 Å². The molecule has 0 saturated heterocycles. The first-order valence-electron chi connectivity index (χ1n) is 12.3. The lowest BCUT2D eigenvalue weighted by molar-refractivity contribution is 0.174. The largest absolute Gasteiger partial charge is 0.507 e. The van der Waals surface area contributed by atoms with Crippen LogP contribution in [0.2, 0.25) is 18.1 Å². The van der Waals surface area contributed by atoms with E-state index in [1.165, 1.54) is 12.0 Å². The van der Waals surface area contributed by atoms with Crippen LogP contribution < -0.4 is 14.4 Å². The van der Waals surface area contributed by atoms with Gasteiger partial charge in [-0.2, -0.15) is 0 Å². The predicted octanol–water partition coefficient (Wildman–Crippen LogP) is 7.26. The monoisotopic (exact) mass is 521 g/mol. The highest BCUT2D eigenvalue weighted by molar-refractivity contribution is 6.74. The highest BCUT2D eigenvalue weighted by Gasteiger charge is 2.37. The zero-order valence-electron chi connectivity index (χ0n) is 22.3. The number of benzene rings is 3. The molecule has 1 N–H and O–H groups in total. The second-order valence-corrected chi connectivity index (χ2v) is 15.4. The molecule has 0 fully saturated rings. The lowest BCUT2D eigenvalue weighted by atomic mass is 9.98. The Hall–Kier alpha value is -3.49. The zero-order valence-corrected chi connectivity index (χ0v) is 23.3. The smallest absolute Gasteiger partial charge is 0.418 e. The second-order valence-electron chi connectivity index (χ2n) is 10.6. The van der Waals surface area contributed by atoms with E-state index in [1.807, 2.05) is 36.4 Å². The van der Waals surface area contributed by atoms with E-state index in [1.54, 1.807) is 24.3 Å². The van der Waals surface area contributed by atoms with Gasteiger partial charge in [-0.1, -0.05) is 51.1 Å². The topological polar surface area (TPSA) is 77.5 Å². The molecule has 7 nitrogen and oxygen atoms in total. The van der Waals surface area contributed by atoms with Crippen LogP contribution in [0, 0.1) is 0 Å². The predicted molar refractivity (Wildman–Crippen MR) is 148 cm³/mol. The van der Waals surface area contributed by atoms with Gasteiger partial charge in [0, 0.05) is 24.3 Å². The fraction of sp³-hybridized carbons (Fsp3) is 0.345. The molecule has 1 amide bonds. The molecule has 0 unspecified atom stereocenters. The number of anilines is 2. The fourth-order valence-electron chi connectivity index (χ4n) is 3.97. The second kappa shape index (κ2) is 10.5. The summed E-state index contributed by atoms with van der Waals surface area (Å²) in [5.41, 5.74) is 3.46. The molecular weight excluding hydrogens is 486 g/mol. The molecule has 1 aliphatic heterocycles. The van der Waals surface area contributed by atoms with Crippen LogP contribution in [0.1, 0.15) is 26.3 Å². The number of aromatic hydroxyl groups is 1. The molecule has 3 aromatic rings. The van der Waals surface area contributed by atoms with Gasteiger partial charge in [-0.05, 0) is 53.9 Å². The number of phenols is 1. The number of rotatable bonds is 7. The summed E-state index contributed by atoms with van der Waals surface area (Å²) in [4.78, 5) is 14.6. The molecule has 8 heteroatoms. The third-order valence-corrected chi connectivity index (χ3v) is 11.7. The van der Waals surface area contributed by atoms with E-state index < -0.39 is 14.4 Å². The van der Waals surface area contributed by atoms with Crippen molar-refractivity contribution in [2.24, 2.45) is 0 Å². The maximum absolute atomic E-state index is 13.1. The maximum Gasteiger partial charge on any atom is 0.418 e. The van der Waals surface area contributed by atoms with Gasteiger partial charge in [-0.25, -0.2) is 9.69 Å². The summed E-state index contributed by atoms with van der Waals surface area (Å²) in [7, 11) is -0.647. The van der Waals surface area contributed by atoms with Crippen LogP contribution in [0.4, 0.5) is 16.2 Å². The molecule has 37 heavy (non-hydrogen) atoms. The Kier molecular flexibility index (Phi) is 7.52. The van der Waals surface area contributed by atoms with E-state index in [0.29, 0.717) is 41.5 Å². The summed E-state index contributed by atoms with van der Waals surface area (Å²) in [6.45, 7) is 11.7. The first kappa shape index (κ1) is 26.6. The fourth-order valence-corrected chi connectivity index (χ4v) is 5.02. The van der Waals surface area contributed by atoms with E-state index in [9.17, 15) is 9.90 Å². The summed E-state index contributed by atoms with van der Waals surface area (Å²) in [6, 6.07) is 18.5. The van der Waals surface area contributed by atoms with Crippen LogP contribution in [0.5, 0.6) is 17.2 Å². The van der Waals surface area contributed by atoms with Gasteiger partial charge in [0.2, 0.25) is 6.79 Å². The van der Waals surface area contributed by atoms with Crippen molar-refractivity contribution in [3.63, 3.8) is 0 Å². The summed E-state index contributed by atoms with van der Waals surface area (Å²) < 4.78 is 22.6. The summed E-state index contributed by atoms with van der Waals surface area (Å²) in [5.74, 6) is 1.21. The molecule has 0 saturated carbocycles. The van der Waals surface area contributed by atoms with Crippen molar-refractivity contribution in [3.8, 4) is 28.4 Å². The van der Waals surface area contributed by atoms with E-state index in [-0.39, 0.29) is 17.6 Å². The molecule has 0 aromatic heterocycles. The number of hydrogen-bond donors (Lipinski definition) is 1. The minimum Gasteiger partial charge on any atom is -0.507 e. The zero-order chi connectivity index (χ0) is 26.8. The van der Waals surface area contributed by atoms with Gasteiger partial charge >= 0.3 is 6.09 Å². The minimum atomic E-state index is -1.98.